The fraction of sp³-hybridized carbons (Fsp3) is 0. The van der Waals surface area contributed by atoms with Crippen molar-refractivity contribution in [2.45, 2.75) is 0 Å². The summed E-state index contributed by atoms with van der Waals surface area (Å²) in [4.78, 5) is 28.7. The Labute approximate surface area is 172 Å². The van der Waals surface area contributed by atoms with Gasteiger partial charge in [-0.2, -0.15) is 0 Å². The highest BCUT2D eigenvalue weighted by Crippen LogP contribution is 2.19. The van der Waals surface area contributed by atoms with Gasteiger partial charge in [0, 0.05) is 6.08 Å². The van der Waals surface area contributed by atoms with Gasteiger partial charge in [-0.1, -0.05) is 54.1 Å². The molecule has 3 rings (SSSR count). The molecule has 0 aliphatic rings. The second kappa shape index (κ2) is 9.96. The van der Waals surface area contributed by atoms with Crippen LogP contribution in [0, 0.1) is 0 Å². The Morgan fingerprint density at radius 1 is 0.897 bits per heavy atom. The Bertz CT molecular complexity index is 1050. The number of amides is 1. The van der Waals surface area contributed by atoms with Gasteiger partial charge in [0.05, 0.1) is 22.0 Å². The normalized spacial score (nSPS) is 10.9. The molecular formula is C22H16ClN3O3. The average molecular weight is 406 g/mol. The van der Waals surface area contributed by atoms with Crippen molar-refractivity contribution in [2.24, 2.45) is 10.2 Å². The molecular weight excluding hydrogens is 390 g/mol. The minimum absolute atomic E-state index is 0.284. The van der Waals surface area contributed by atoms with Crippen LogP contribution >= 0.6 is 11.6 Å². The zero-order valence-corrected chi connectivity index (χ0v) is 15.9. The molecule has 6 nitrogen and oxygen atoms in total. The molecule has 3 aromatic carbocycles. The molecule has 0 aliphatic heterocycles. The summed E-state index contributed by atoms with van der Waals surface area (Å²) in [6.07, 6.45) is 2.98. The first-order chi connectivity index (χ1) is 14.1. The van der Waals surface area contributed by atoms with Crippen molar-refractivity contribution in [3.05, 3.63) is 101 Å². The quantitative estimate of drug-likeness (QED) is 0.317. The first-order valence-corrected chi connectivity index (χ1v) is 9.00. The van der Waals surface area contributed by atoms with Gasteiger partial charge in [0.15, 0.2) is 0 Å². The molecule has 0 radical (unpaired) electrons. The molecule has 0 heterocycles. The van der Waals surface area contributed by atoms with E-state index < -0.39 is 11.9 Å². The molecule has 0 aromatic heterocycles. The van der Waals surface area contributed by atoms with Crippen LogP contribution in [0.2, 0.25) is 5.02 Å². The SMILES string of the molecule is O=C(C=Cc1ccccc1)ONc1ccc(N=NC(=O)c2ccccc2Cl)cc1. The van der Waals surface area contributed by atoms with Crippen molar-refractivity contribution in [1.82, 2.24) is 0 Å². The van der Waals surface area contributed by atoms with Crippen LogP contribution in [0.1, 0.15) is 15.9 Å². The van der Waals surface area contributed by atoms with Crippen LogP contribution in [-0.2, 0) is 9.63 Å². The van der Waals surface area contributed by atoms with Crippen molar-refractivity contribution in [3.8, 4) is 0 Å². The molecule has 0 spiro atoms. The van der Waals surface area contributed by atoms with Crippen LogP contribution in [0.3, 0.4) is 0 Å². The van der Waals surface area contributed by atoms with Crippen LogP contribution in [0.15, 0.2) is 95.2 Å². The number of benzene rings is 3. The highest BCUT2D eigenvalue weighted by atomic mass is 35.5. The van der Waals surface area contributed by atoms with Gasteiger partial charge in [0.2, 0.25) is 0 Å². The number of carbonyl (C=O) groups is 2. The van der Waals surface area contributed by atoms with Gasteiger partial charge < -0.3 is 4.84 Å². The van der Waals surface area contributed by atoms with E-state index in [0.29, 0.717) is 16.4 Å². The zero-order chi connectivity index (χ0) is 20.5. The zero-order valence-electron chi connectivity index (χ0n) is 15.2. The maximum absolute atomic E-state index is 12.0. The molecule has 1 amide bonds. The standard InChI is InChI=1S/C22H16ClN3O3/c23-20-9-5-4-8-19(20)22(28)25-24-17-11-13-18(14-12-17)26-29-21(27)15-10-16-6-2-1-3-7-16/h1-15,26H. The third-order valence-corrected chi connectivity index (χ3v) is 4.04. The van der Waals surface area contributed by atoms with Crippen LogP contribution in [0.5, 0.6) is 0 Å². The topological polar surface area (TPSA) is 80.1 Å². The number of nitrogens with zero attached hydrogens (tertiary/aromatic N) is 2. The lowest BCUT2D eigenvalue weighted by Crippen LogP contribution is -2.07. The minimum atomic E-state index is -0.539. The molecule has 0 saturated carbocycles. The van der Waals surface area contributed by atoms with E-state index in [1.54, 1.807) is 54.6 Å². The van der Waals surface area contributed by atoms with E-state index in [2.05, 4.69) is 15.7 Å². The summed E-state index contributed by atoms with van der Waals surface area (Å²) in [5.74, 6) is -1.07. The number of azo groups is 1. The second-order valence-corrected chi connectivity index (χ2v) is 6.21. The lowest BCUT2D eigenvalue weighted by Gasteiger charge is -2.04. The number of nitrogens with one attached hydrogen (secondary N) is 1. The molecule has 0 atom stereocenters. The van der Waals surface area contributed by atoms with Gasteiger partial charge in [-0.25, -0.2) is 10.3 Å². The molecule has 0 aliphatic carbocycles. The summed E-state index contributed by atoms with van der Waals surface area (Å²) >= 11 is 5.96. The van der Waals surface area contributed by atoms with Gasteiger partial charge in [0.25, 0.3) is 5.91 Å². The number of carbonyl (C=O) groups excluding carboxylic acids is 2. The minimum Gasteiger partial charge on any atom is -0.339 e. The second-order valence-electron chi connectivity index (χ2n) is 5.80. The molecule has 7 heteroatoms. The summed E-state index contributed by atoms with van der Waals surface area (Å²) < 4.78 is 0. The van der Waals surface area contributed by atoms with Gasteiger partial charge in [-0.15, -0.1) is 10.2 Å². The third kappa shape index (κ3) is 6.12. The van der Waals surface area contributed by atoms with Crippen LogP contribution in [0.4, 0.5) is 11.4 Å². The fourth-order valence-electron chi connectivity index (χ4n) is 2.26. The number of hydrogen-bond acceptors (Lipinski definition) is 5. The summed E-state index contributed by atoms with van der Waals surface area (Å²) in [6, 6.07) is 22.6. The fourth-order valence-corrected chi connectivity index (χ4v) is 2.48. The molecule has 1 N–H and O–H groups in total. The Balaban J connectivity index is 1.52. The van der Waals surface area contributed by atoms with E-state index in [1.807, 2.05) is 30.3 Å². The predicted octanol–water partition coefficient (Wildman–Crippen LogP) is 5.85. The Hall–Kier alpha value is -3.77. The van der Waals surface area contributed by atoms with Crippen molar-refractivity contribution in [1.29, 1.82) is 0 Å². The molecule has 0 saturated heterocycles. The lowest BCUT2D eigenvalue weighted by atomic mass is 10.2. The number of rotatable bonds is 6. The molecule has 0 unspecified atom stereocenters. The molecule has 144 valence electrons. The van der Waals surface area contributed by atoms with Crippen LogP contribution < -0.4 is 5.48 Å². The molecule has 29 heavy (non-hydrogen) atoms. The summed E-state index contributed by atoms with van der Waals surface area (Å²) in [5, 5.41) is 7.88. The van der Waals surface area contributed by atoms with E-state index in [9.17, 15) is 9.59 Å². The first kappa shape index (κ1) is 20.0. The summed E-state index contributed by atoms with van der Waals surface area (Å²) in [7, 11) is 0. The van der Waals surface area contributed by atoms with Gasteiger partial charge >= 0.3 is 5.97 Å². The van der Waals surface area contributed by atoms with E-state index in [-0.39, 0.29) is 5.56 Å². The summed E-state index contributed by atoms with van der Waals surface area (Å²) in [5.41, 5.74) is 4.74. The Morgan fingerprint density at radius 2 is 1.59 bits per heavy atom. The smallest absolute Gasteiger partial charge is 0.339 e. The van der Waals surface area contributed by atoms with Crippen molar-refractivity contribution < 1.29 is 14.4 Å². The van der Waals surface area contributed by atoms with Crippen LogP contribution in [-0.4, -0.2) is 11.9 Å². The third-order valence-electron chi connectivity index (χ3n) is 3.71. The highest BCUT2D eigenvalue weighted by molar-refractivity contribution is 6.33. The number of hydrogen-bond donors (Lipinski definition) is 1. The van der Waals surface area contributed by atoms with E-state index >= 15 is 0 Å². The monoisotopic (exact) mass is 405 g/mol. The van der Waals surface area contributed by atoms with Crippen molar-refractivity contribution in [3.63, 3.8) is 0 Å². The largest absolute Gasteiger partial charge is 0.355 e. The average Bonchev–Trinajstić information content (AvgIpc) is 2.76. The molecule has 3 aromatic rings. The van der Waals surface area contributed by atoms with Crippen molar-refractivity contribution in [2.75, 3.05) is 5.48 Å². The summed E-state index contributed by atoms with van der Waals surface area (Å²) in [6.45, 7) is 0. The van der Waals surface area contributed by atoms with E-state index in [0.717, 1.165) is 5.56 Å². The first-order valence-electron chi connectivity index (χ1n) is 8.62. The Kier molecular flexibility index (Phi) is 6.86. The maximum Gasteiger partial charge on any atom is 0.355 e. The van der Waals surface area contributed by atoms with E-state index in [1.165, 1.54) is 6.08 Å². The molecule has 0 fully saturated rings. The van der Waals surface area contributed by atoms with Crippen LogP contribution in [0.25, 0.3) is 6.08 Å². The lowest BCUT2D eigenvalue weighted by molar-refractivity contribution is -0.134. The predicted molar refractivity (Wildman–Crippen MR) is 112 cm³/mol. The number of anilines is 1. The van der Waals surface area contributed by atoms with Gasteiger partial charge in [0.1, 0.15) is 0 Å². The maximum atomic E-state index is 12.0. The highest BCUT2D eigenvalue weighted by Gasteiger charge is 2.08. The Morgan fingerprint density at radius 3 is 2.31 bits per heavy atom. The van der Waals surface area contributed by atoms with E-state index in [4.69, 9.17) is 16.4 Å². The van der Waals surface area contributed by atoms with Gasteiger partial charge in [-0.05, 0) is 48.0 Å². The molecule has 0 bridgehead atoms. The van der Waals surface area contributed by atoms with Gasteiger partial charge in [-0.3, -0.25) is 4.79 Å². The van der Waals surface area contributed by atoms with Crippen molar-refractivity contribution >= 4 is 40.9 Å². The number of halogens is 1.